The molecule has 0 atom stereocenters. The molecule has 0 spiro atoms. The van der Waals surface area contributed by atoms with E-state index in [1.807, 2.05) is 0 Å². The number of carboxylic acid groups (broad SMARTS) is 1. The van der Waals surface area contributed by atoms with Crippen LogP contribution in [-0.4, -0.2) is 36.9 Å². The third-order valence-corrected chi connectivity index (χ3v) is 5.96. The van der Waals surface area contributed by atoms with Gasteiger partial charge in [0, 0.05) is 17.6 Å². The molecule has 1 aromatic carbocycles. The lowest BCUT2D eigenvalue weighted by Gasteiger charge is -2.37. The Morgan fingerprint density at radius 2 is 2.11 bits per heavy atom. The normalized spacial score (nSPS) is 17.2. The van der Waals surface area contributed by atoms with Crippen LogP contribution in [0.15, 0.2) is 27.6 Å². The fourth-order valence-electron chi connectivity index (χ4n) is 1.88. The summed E-state index contributed by atoms with van der Waals surface area (Å²) in [6.45, 7) is 0.490. The van der Waals surface area contributed by atoms with Crippen LogP contribution < -0.4 is 0 Å². The molecular weight excluding hydrogens is 358 g/mol. The molecule has 19 heavy (non-hydrogen) atoms. The Labute approximate surface area is 124 Å². The summed E-state index contributed by atoms with van der Waals surface area (Å²) in [6.07, 6.45) is -0.00364. The molecular formula is C11H11BrClNO4S. The van der Waals surface area contributed by atoms with E-state index in [4.69, 9.17) is 16.7 Å². The summed E-state index contributed by atoms with van der Waals surface area (Å²) in [7, 11) is -3.56. The highest BCUT2D eigenvalue weighted by Crippen LogP contribution is 2.30. The standard InChI is InChI=1S/C11H11BrClNO4S/c12-9-4-8(1-2-10(9)13)19(17,18)14-5-7(6-14)3-11(15)16/h1-2,4,7H,3,5-6H2,(H,15,16). The minimum absolute atomic E-state index is 0.00364. The zero-order chi connectivity index (χ0) is 14.2. The van der Waals surface area contributed by atoms with Crippen LogP contribution in [0.25, 0.3) is 0 Å². The second-order valence-corrected chi connectivity index (χ2v) is 7.56. The zero-order valence-corrected chi connectivity index (χ0v) is 12.9. The molecule has 1 N–H and O–H groups in total. The summed E-state index contributed by atoms with van der Waals surface area (Å²) >= 11 is 9.00. The molecule has 0 aromatic heterocycles. The number of sulfonamides is 1. The maximum Gasteiger partial charge on any atom is 0.303 e. The van der Waals surface area contributed by atoms with E-state index < -0.39 is 16.0 Å². The quantitative estimate of drug-likeness (QED) is 0.884. The van der Waals surface area contributed by atoms with Gasteiger partial charge in [-0.05, 0) is 40.0 Å². The van der Waals surface area contributed by atoms with E-state index in [0.717, 1.165) is 0 Å². The van der Waals surface area contributed by atoms with Gasteiger partial charge in [-0.15, -0.1) is 0 Å². The number of carbonyl (C=O) groups is 1. The number of nitrogens with zero attached hydrogens (tertiary/aromatic N) is 1. The van der Waals surface area contributed by atoms with Crippen LogP contribution in [0.1, 0.15) is 6.42 Å². The van der Waals surface area contributed by atoms with Crippen LogP contribution in [0.5, 0.6) is 0 Å². The summed E-state index contributed by atoms with van der Waals surface area (Å²) in [5, 5.41) is 9.07. The molecule has 0 amide bonds. The highest BCUT2D eigenvalue weighted by Gasteiger charge is 2.37. The van der Waals surface area contributed by atoms with Crippen LogP contribution in [-0.2, 0) is 14.8 Å². The van der Waals surface area contributed by atoms with Crippen molar-refractivity contribution in [2.45, 2.75) is 11.3 Å². The Hall–Kier alpha value is -0.630. The van der Waals surface area contributed by atoms with E-state index >= 15 is 0 Å². The fourth-order valence-corrected chi connectivity index (χ4v) is 4.15. The van der Waals surface area contributed by atoms with Crippen LogP contribution in [0.3, 0.4) is 0 Å². The van der Waals surface area contributed by atoms with Gasteiger partial charge >= 0.3 is 5.97 Å². The van der Waals surface area contributed by atoms with Crippen molar-refractivity contribution in [3.05, 3.63) is 27.7 Å². The van der Waals surface area contributed by atoms with Crippen LogP contribution in [0, 0.1) is 5.92 Å². The highest BCUT2D eigenvalue weighted by molar-refractivity contribution is 9.10. The lowest BCUT2D eigenvalue weighted by atomic mass is 10.00. The minimum atomic E-state index is -3.56. The molecule has 1 saturated heterocycles. The molecule has 1 aliphatic heterocycles. The van der Waals surface area contributed by atoms with Gasteiger partial charge in [0.2, 0.25) is 10.0 Å². The van der Waals surface area contributed by atoms with E-state index in [-0.39, 0.29) is 30.3 Å². The predicted octanol–water partition coefficient (Wildman–Crippen LogP) is 2.20. The highest BCUT2D eigenvalue weighted by atomic mass is 79.9. The van der Waals surface area contributed by atoms with Crippen molar-refractivity contribution in [1.29, 1.82) is 0 Å². The third kappa shape index (κ3) is 3.10. The van der Waals surface area contributed by atoms with Crippen molar-refractivity contribution >= 4 is 43.5 Å². The molecule has 1 aromatic rings. The molecule has 104 valence electrons. The Morgan fingerprint density at radius 3 is 2.63 bits per heavy atom. The van der Waals surface area contributed by atoms with E-state index in [1.54, 1.807) is 0 Å². The largest absolute Gasteiger partial charge is 0.481 e. The summed E-state index contributed by atoms with van der Waals surface area (Å²) in [6, 6.07) is 4.39. The zero-order valence-electron chi connectivity index (χ0n) is 9.71. The third-order valence-electron chi connectivity index (χ3n) is 2.92. The van der Waals surface area contributed by atoms with Crippen molar-refractivity contribution in [2.24, 2.45) is 5.92 Å². The second-order valence-electron chi connectivity index (χ2n) is 4.36. The van der Waals surface area contributed by atoms with E-state index in [0.29, 0.717) is 9.50 Å². The van der Waals surface area contributed by atoms with Crippen molar-refractivity contribution in [3.8, 4) is 0 Å². The second kappa shape index (κ2) is 5.40. The lowest BCUT2D eigenvalue weighted by Crippen LogP contribution is -2.50. The van der Waals surface area contributed by atoms with Crippen molar-refractivity contribution in [1.82, 2.24) is 4.31 Å². The number of halogens is 2. The molecule has 0 aliphatic carbocycles. The Balaban J connectivity index is 2.12. The van der Waals surface area contributed by atoms with Crippen LogP contribution in [0.4, 0.5) is 0 Å². The van der Waals surface area contributed by atoms with Gasteiger partial charge < -0.3 is 5.11 Å². The average Bonchev–Trinajstić information content (AvgIpc) is 2.26. The molecule has 0 saturated carbocycles. The molecule has 1 fully saturated rings. The Morgan fingerprint density at radius 1 is 1.47 bits per heavy atom. The first-order chi connectivity index (χ1) is 8.80. The average molecular weight is 369 g/mol. The van der Waals surface area contributed by atoms with Crippen molar-refractivity contribution in [2.75, 3.05) is 13.1 Å². The Kier molecular flexibility index (Phi) is 4.20. The summed E-state index contributed by atoms with van der Waals surface area (Å²) in [5.74, 6) is -1.01. The smallest absolute Gasteiger partial charge is 0.303 e. The topological polar surface area (TPSA) is 74.7 Å². The molecule has 0 radical (unpaired) electrons. The lowest BCUT2D eigenvalue weighted by molar-refractivity contribution is -0.139. The van der Waals surface area contributed by atoms with Gasteiger partial charge in [-0.3, -0.25) is 4.79 Å². The summed E-state index contributed by atoms with van der Waals surface area (Å²) in [4.78, 5) is 10.7. The molecule has 2 rings (SSSR count). The van der Waals surface area contributed by atoms with Crippen molar-refractivity contribution in [3.63, 3.8) is 0 Å². The van der Waals surface area contributed by atoms with Gasteiger partial charge in [-0.25, -0.2) is 8.42 Å². The number of carboxylic acids is 1. The monoisotopic (exact) mass is 367 g/mol. The van der Waals surface area contributed by atoms with Crippen LogP contribution >= 0.6 is 27.5 Å². The first-order valence-corrected chi connectivity index (χ1v) is 8.09. The van der Waals surface area contributed by atoms with Gasteiger partial charge in [0.1, 0.15) is 0 Å². The first-order valence-electron chi connectivity index (χ1n) is 5.47. The van der Waals surface area contributed by atoms with Gasteiger partial charge in [-0.1, -0.05) is 11.6 Å². The van der Waals surface area contributed by atoms with Gasteiger partial charge in [0.05, 0.1) is 16.3 Å². The Bertz CT molecular complexity index is 613. The number of hydrogen-bond donors (Lipinski definition) is 1. The number of benzene rings is 1. The summed E-state index contributed by atoms with van der Waals surface area (Å²) in [5.41, 5.74) is 0. The van der Waals surface area contributed by atoms with Crippen molar-refractivity contribution < 1.29 is 18.3 Å². The van der Waals surface area contributed by atoms with Gasteiger partial charge in [-0.2, -0.15) is 4.31 Å². The molecule has 0 bridgehead atoms. The number of rotatable bonds is 4. The molecule has 8 heteroatoms. The predicted molar refractivity (Wildman–Crippen MR) is 73.7 cm³/mol. The van der Waals surface area contributed by atoms with Crippen LogP contribution in [0.2, 0.25) is 5.02 Å². The van der Waals surface area contributed by atoms with E-state index in [2.05, 4.69) is 15.9 Å². The van der Waals surface area contributed by atoms with E-state index in [1.165, 1.54) is 22.5 Å². The maximum absolute atomic E-state index is 12.2. The SMILES string of the molecule is O=C(O)CC1CN(S(=O)(=O)c2ccc(Cl)c(Br)c2)C1. The van der Waals surface area contributed by atoms with Gasteiger partial charge in [0.25, 0.3) is 0 Å². The molecule has 0 unspecified atom stereocenters. The minimum Gasteiger partial charge on any atom is -0.481 e. The number of aliphatic carboxylic acids is 1. The number of hydrogen-bond acceptors (Lipinski definition) is 3. The van der Waals surface area contributed by atoms with E-state index in [9.17, 15) is 13.2 Å². The molecule has 1 heterocycles. The molecule has 5 nitrogen and oxygen atoms in total. The first kappa shape index (κ1) is 14.8. The molecule has 1 aliphatic rings. The summed E-state index contributed by atoms with van der Waals surface area (Å²) < 4.78 is 26.2. The maximum atomic E-state index is 12.2. The van der Waals surface area contributed by atoms with Gasteiger partial charge in [0.15, 0.2) is 0 Å². The fraction of sp³-hybridized carbons (Fsp3) is 0.364.